The Morgan fingerprint density at radius 1 is 1.30 bits per heavy atom. The number of thiazole rings is 1. The largest absolute Gasteiger partial charge is 0.416 e. The maximum Gasteiger partial charge on any atom is 0.416 e. The number of carbonyl (C=O) groups excluding carboxylic acids is 1. The Balaban J connectivity index is 1.69. The van der Waals surface area contributed by atoms with Crippen LogP contribution in [0.4, 0.5) is 24.0 Å². The number of nitrogens with zero attached hydrogens (tertiary/aromatic N) is 3. The van der Waals surface area contributed by atoms with Gasteiger partial charge in [-0.1, -0.05) is 17.4 Å². The van der Waals surface area contributed by atoms with Crippen LogP contribution >= 0.6 is 23.1 Å². The number of nitro groups is 1. The van der Waals surface area contributed by atoms with Gasteiger partial charge in [0.05, 0.1) is 37.4 Å². The Hall–Kier alpha value is -2.99. The number of aryl methyl sites for hydroxylation is 1. The number of anilines is 1. The fraction of sp³-hybridized carbons (Fsp3) is 0.167. The van der Waals surface area contributed by atoms with Crippen LogP contribution in [0.25, 0.3) is 10.6 Å². The molecule has 0 spiro atoms. The van der Waals surface area contributed by atoms with Crippen molar-refractivity contribution in [1.82, 2.24) is 9.97 Å². The van der Waals surface area contributed by atoms with Crippen molar-refractivity contribution in [2.45, 2.75) is 18.0 Å². The van der Waals surface area contributed by atoms with Gasteiger partial charge in [-0.3, -0.25) is 19.9 Å². The summed E-state index contributed by atoms with van der Waals surface area (Å²) in [5.41, 5.74) is -0.434. The molecule has 1 N–H and O–H groups in total. The van der Waals surface area contributed by atoms with Crippen LogP contribution in [0.1, 0.15) is 11.3 Å². The molecule has 3 aromatic rings. The first-order chi connectivity index (χ1) is 14.1. The number of rotatable bonds is 6. The third-order valence-electron chi connectivity index (χ3n) is 3.78. The zero-order valence-corrected chi connectivity index (χ0v) is 16.9. The van der Waals surface area contributed by atoms with Crippen LogP contribution in [0, 0.1) is 17.0 Å². The van der Waals surface area contributed by atoms with Crippen LogP contribution in [-0.4, -0.2) is 26.6 Å². The van der Waals surface area contributed by atoms with Crippen molar-refractivity contribution in [2.24, 2.45) is 0 Å². The van der Waals surface area contributed by atoms with E-state index in [0.29, 0.717) is 22.6 Å². The van der Waals surface area contributed by atoms with E-state index in [0.717, 1.165) is 28.8 Å². The van der Waals surface area contributed by atoms with Crippen molar-refractivity contribution in [3.63, 3.8) is 0 Å². The van der Waals surface area contributed by atoms with Gasteiger partial charge in [0.25, 0.3) is 5.69 Å². The van der Waals surface area contributed by atoms with Crippen molar-refractivity contribution in [3.8, 4) is 10.6 Å². The Kier molecular flexibility index (Phi) is 6.37. The molecule has 0 aliphatic rings. The molecule has 1 amide bonds. The van der Waals surface area contributed by atoms with E-state index in [9.17, 15) is 28.1 Å². The second-order valence-electron chi connectivity index (χ2n) is 5.92. The van der Waals surface area contributed by atoms with Crippen molar-refractivity contribution in [3.05, 3.63) is 64.0 Å². The summed E-state index contributed by atoms with van der Waals surface area (Å²) < 4.78 is 38.3. The van der Waals surface area contributed by atoms with Gasteiger partial charge in [-0.15, -0.1) is 11.8 Å². The van der Waals surface area contributed by atoms with Crippen molar-refractivity contribution in [2.75, 3.05) is 11.1 Å². The molecule has 3 rings (SSSR count). The Bertz CT molecular complexity index is 1090. The zero-order valence-electron chi connectivity index (χ0n) is 15.3. The van der Waals surface area contributed by atoms with Gasteiger partial charge in [-0.2, -0.15) is 13.2 Å². The van der Waals surface area contributed by atoms with Gasteiger partial charge in [0.1, 0.15) is 0 Å². The fourth-order valence-electron chi connectivity index (χ4n) is 2.44. The first-order valence-corrected chi connectivity index (χ1v) is 10.1. The molecule has 0 fully saturated rings. The van der Waals surface area contributed by atoms with E-state index < -0.39 is 28.3 Å². The van der Waals surface area contributed by atoms with Gasteiger partial charge >= 0.3 is 6.18 Å². The minimum Gasteiger partial charge on any atom is -0.301 e. The van der Waals surface area contributed by atoms with Gasteiger partial charge in [0, 0.05) is 12.3 Å². The molecule has 0 aliphatic heterocycles. The third kappa shape index (κ3) is 5.13. The molecule has 7 nitrogen and oxygen atoms in total. The second kappa shape index (κ2) is 8.79. The number of aromatic nitrogens is 2. The lowest BCUT2D eigenvalue weighted by molar-refractivity contribution is -0.388. The lowest BCUT2D eigenvalue weighted by atomic mass is 10.2. The number of benzene rings is 1. The normalized spacial score (nSPS) is 11.3. The molecule has 1 aromatic carbocycles. The number of nitro benzene ring substituents is 1. The number of hydrogen-bond acceptors (Lipinski definition) is 7. The highest BCUT2D eigenvalue weighted by Crippen LogP contribution is 2.37. The number of amides is 1. The Labute approximate surface area is 176 Å². The lowest BCUT2D eigenvalue weighted by Crippen LogP contribution is -2.14. The third-order valence-corrected chi connectivity index (χ3v) is 5.94. The van der Waals surface area contributed by atoms with Crippen molar-refractivity contribution in [1.29, 1.82) is 0 Å². The first kappa shape index (κ1) is 21.7. The standard InChI is InChI=1S/C18H13F3N4O3S2/c1-10-16(12-4-2-3-7-22-12)30-17(23-10)24-15(26)9-29-14-6-5-11(18(19,20)21)8-13(14)25(27)28/h2-8H,9H2,1H3,(H,23,24,26). The maximum atomic E-state index is 12.8. The van der Waals surface area contributed by atoms with E-state index in [4.69, 9.17) is 0 Å². The van der Waals surface area contributed by atoms with Crippen molar-refractivity contribution >= 4 is 39.8 Å². The molecule has 0 aliphatic carbocycles. The molecule has 0 unspecified atom stereocenters. The van der Waals surface area contributed by atoms with E-state index in [1.165, 1.54) is 11.3 Å². The highest BCUT2D eigenvalue weighted by Gasteiger charge is 2.33. The monoisotopic (exact) mass is 454 g/mol. The molecule has 12 heteroatoms. The molecule has 2 heterocycles. The first-order valence-electron chi connectivity index (χ1n) is 8.32. The molecular weight excluding hydrogens is 441 g/mol. The molecule has 0 saturated carbocycles. The minimum absolute atomic E-state index is 0.0346. The predicted octanol–water partition coefficient (Wildman–Crippen LogP) is 5.17. The van der Waals surface area contributed by atoms with Crippen LogP contribution in [0.5, 0.6) is 0 Å². The fourth-order valence-corrected chi connectivity index (χ4v) is 4.21. The smallest absolute Gasteiger partial charge is 0.301 e. The molecule has 30 heavy (non-hydrogen) atoms. The van der Waals surface area contributed by atoms with E-state index in [1.807, 2.05) is 12.1 Å². The van der Waals surface area contributed by atoms with E-state index in [-0.39, 0.29) is 10.6 Å². The van der Waals surface area contributed by atoms with Crippen LogP contribution in [0.15, 0.2) is 47.5 Å². The SMILES string of the molecule is Cc1nc(NC(=O)CSc2ccc(C(F)(F)F)cc2[N+](=O)[O-])sc1-c1ccccn1. The summed E-state index contributed by atoms with van der Waals surface area (Å²) in [7, 11) is 0. The Morgan fingerprint density at radius 2 is 2.07 bits per heavy atom. The van der Waals surface area contributed by atoms with Gasteiger partial charge in [0.15, 0.2) is 5.13 Å². The summed E-state index contributed by atoms with van der Waals surface area (Å²) in [5, 5.41) is 14.1. The van der Waals surface area contributed by atoms with Crippen LogP contribution in [-0.2, 0) is 11.0 Å². The molecule has 0 bridgehead atoms. The number of pyridine rings is 1. The average molecular weight is 454 g/mol. The number of thioether (sulfide) groups is 1. The topological polar surface area (TPSA) is 98.0 Å². The maximum absolute atomic E-state index is 12.8. The van der Waals surface area contributed by atoms with E-state index in [1.54, 1.807) is 19.2 Å². The van der Waals surface area contributed by atoms with Crippen LogP contribution in [0.3, 0.4) is 0 Å². The summed E-state index contributed by atoms with van der Waals surface area (Å²) in [6.45, 7) is 1.77. The minimum atomic E-state index is -4.70. The lowest BCUT2D eigenvalue weighted by Gasteiger charge is -2.08. The van der Waals surface area contributed by atoms with Gasteiger partial charge in [-0.25, -0.2) is 4.98 Å². The van der Waals surface area contributed by atoms with Gasteiger partial charge < -0.3 is 5.32 Å². The number of hydrogen-bond donors (Lipinski definition) is 1. The number of alkyl halides is 3. The molecule has 0 radical (unpaired) electrons. The Morgan fingerprint density at radius 3 is 2.70 bits per heavy atom. The molecule has 0 saturated heterocycles. The highest BCUT2D eigenvalue weighted by atomic mass is 32.2. The average Bonchev–Trinajstić information content (AvgIpc) is 3.06. The van der Waals surface area contributed by atoms with Crippen LogP contribution < -0.4 is 5.32 Å². The molecule has 2 aromatic heterocycles. The number of nitrogens with one attached hydrogen (secondary N) is 1. The van der Waals surface area contributed by atoms with Crippen molar-refractivity contribution < 1.29 is 22.9 Å². The molecular formula is C18H13F3N4O3S2. The summed E-state index contributed by atoms with van der Waals surface area (Å²) >= 11 is 2.00. The number of carbonyl (C=O) groups is 1. The zero-order chi connectivity index (χ0) is 21.9. The summed E-state index contributed by atoms with van der Waals surface area (Å²) in [6, 6.07) is 7.62. The summed E-state index contributed by atoms with van der Waals surface area (Å²) in [4.78, 5) is 31.7. The molecule has 156 valence electrons. The highest BCUT2D eigenvalue weighted by molar-refractivity contribution is 8.00. The van der Waals surface area contributed by atoms with Crippen LogP contribution in [0.2, 0.25) is 0 Å². The molecule has 0 atom stereocenters. The predicted molar refractivity (Wildman–Crippen MR) is 108 cm³/mol. The van der Waals surface area contributed by atoms with Gasteiger partial charge in [-0.05, 0) is 31.2 Å². The van der Waals surface area contributed by atoms with Gasteiger partial charge in [0.2, 0.25) is 5.91 Å². The van der Waals surface area contributed by atoms with E-state index in [2.05, 4.69) is 15.3 Å². The van der Waals surface area contributed by atoms with E-state index >= 15 is 0 Å². The quantitative estimate of drug-likeness (QED) is 0.313. The summed E-state index contributed by atoms with van der Waals surface area (Å²) in [5.74, 6) is -0.723. The second-order valence-corrected chi connectivity index (χ2v) is 7.94. The number of halogens is 3. The summed E-state index contributed by atoms with van der Waals surface area (Å²) in [6.07, 6.45) is -3.06.